The fourth-order valence-electron chi connectivity index (χ4n) is 0.983. The van der Waals surface area contributed by atoms with E-state index >= 15 is 0 Å². The lowest BCUT2D eigenvalue weighted by molar-refractivity contribution is -0.152. The number of amides is 2. The predicted molar refractivity (Wildman–Crippen MR) is 52.5 cm³/mol. The van der Waals surface area contributed by atoms with Crippen LogP contribution in [0.15, 0.2) is 0 Å². The highest BCUT2D eigenvalue weighted by Gasteiger charge is 2.31. The SMILES string of the molecule is CCN(CC(N)=O)C(=O)C(C)(C)OC. The topological polar surface area (TPSA) is 72.6 Å². The quantitative estimate of drug-likeness (QED) is 0.668. The minimum absolute atomic E-state index is 0.0673. The maximum absolute atomic E-state index is 11.8. The summed E-state index contributed by atoms with van der Waals surface area (Å²) in [6.07, 6.45) is 0. The molecule has 2 amide bonds. The van der Waals surface area contributed by atoms with Crippen molar-refractivity contribution in [3.05, 3.63) is 0 Å². The number of ether oxygens (including phenoxy) is 1. The number of methoxy groups -OCH3 is 1. The van der Waals surface area contributed by atoms with E-state index in [4.69, 9.17) is 10.5 Å². The number of nitrogens with zero attached hydrogens (tertiary/aromatic N) is 1. The van der Waals surface area contributed by atoms with Crippen LogP contribution in [0, 0.1) is 0 Å². The van der Waals surface area contributed by atoms with Gasteiger partial charge in [-0.1, -0.05) is 0 Å². The molecule has 0 aromatic rings. The van der Waals surface area contributed by atoms with Gasteiger partial charge >= 0.3 is 0 Å². The van der Waals surface area contributed by atoms with Gasteiger partial charge < -0.3 is 15.4 Å². The first-order valence-electron chi connectivity index (χ1n) is 4.48. The van der Waals surface area contributed by atoms with Gasteiger partial charge in [-0.3, -0.25) is 9.59 Å². The van der Waals surface area contributed by atoms with Gasteiger partial charge in [0.25, 0.3) is 5.91 Å². The highest BCUT2D eigenvalue weighted by Crippen LogP contribution is 2.11. The third kappa shape index (κ3) is 3.33. The molecule has 0 atom stereocenters. The molecule has 5 heteroatoms. The molecule has 0 aromatic heterocycles. The zero-order valence-corrected chi connectivity index (χ0v) is 9.16. The second kappa shape index (κ2) is 4.95. The van der Waals surface area contributed by atoms with E-state index in [-0.39, 0.29) is 12.5 Å². The van der Waals surface area contributed by atoms with Gasteiger partial charge in [-0.05, 0) is 20.8 Å². The molecule has 0 radical (unpaired) electrons. The van der Waals surface area contributed by atoms with Crippen molar-refractivity contribution in [2.75, 3.05) is 20.2 Å². The molecule has 0 rings (SSSR count). The molecule has 2 N–H and O–H groups in total. The van der Waals surface area contributed by atoms with E-state index in [0.717, 1.165) is 0 Å². The van der Waals surface area contributed by atoms with Crippen molar-refractivity contribution >= 4 is 11.8 Å². The van der Waals surface area contributed by atoms with E-state index in [1.807, 2.05) is 0 Å². The number of carbonyl (C=O) groups excluding carboxylic acids is 2. The lowest BCUT2D eigenvalue weighted by Crippen LogP contribution is -2.49. The fourth-order valence-corrected chi connectivity index (χ4v) is 0.983. The van der Waals surface area contributed by atoms with Crippen molar-refractivity contribution in [2.24, 2.45) is 5.73 Å². The second-order valence-electron chi connectivity index (χ2n) is 3.50. The lowest BCUT2D eigenvalue weighted by atomic mass is 10.1. The van der Waals surface area contributed by atoms with Gasteiger partial charge in [-0.2, -0.15) is 0 Å². The Bertz CT molecular complexity index is 226. The number of rotatable bonds is 5. The Morgan fingerprint density at radius 3 is 2.21 bits per heavy atom. The van der Waals surface area contributed by atoms with Crippen LogP contribution in [0.2, 0.25) is 0 Å². The fraction of sp³-hybridized carbons (Fsp3) is 0.778. The molecule has 0 aliphatic carbocycles. The second-order valence-corrected chi connectivity index (χ2v) is 3.50. The number of primary amides is 1. The Morgan fingerprint density at radius 2 is 1.93 bits per heavy atom. The largest absolute Gasteiger partial charge is 0.369 e. The van der Waals surface area contributed by atoms with Crippen molar-refractivity contribution in [3.8, 4) is 0 Å². The van der Waals surface area contributed by atoms with Crippen LogP contribution >= 0.6 is 0 Å². The molecule has 0 bridgehead atoms. The number of hydrogen-bond acceptors (Lipinski definition) is 3. The molecule has 0 aromatic carbocycles. The molecule has 0 saturated heterocycles. The molecule has 14 heavy (non-hydrogen) atoms. The molecule has 0 heterocycles. The highest BCUT2D eigenvalue weighted by molar-refractivity contribution is 5.88. The minimum Gasteiger partial charge on any atom is -0.369 e. The van der Waals surface area contributed by atoms with Crippen LogP contribution in [-0.4, -0.2) is 42.5 Å². The predicted octanol–water partition coefficient (Wildman–Crippen LogP) is -0.255. The number of nitrogens with two attached hydrogens (primary N) is 1. The Hall–Kier alpha value is -1.10. The first-order chi connectivity index (χ1) is 6.35. The molecule has 0 aliphatic heterocycles. The summed E-state index contributed by atoms with van der Waals surface area (Å²) in [6, 6.07) is 0. The van der Waals surface area contributed by atoms with E-state index in [2.05, 4.69) is 0 Å². The third-order valence-electron chi connectivity index (χ3n) is 2.04. The van der Waals surface area contributed by atoms with Crippen molar-refractivity contribution in [1.29, 1.82) is 0 Å². The monoisotopic (exact) mass is 202 g/mol. The highest BCUT2D eigenvalue weighted by atomic mass is 16.5. The summed E-state index contributed by atoms with van der Waals surface area (Å²) in [4.78, 5) is 23.8. The van der Waals surface area contributed by atoms with Gasteiger partial charge in [0.15, 0.2) is 0 Å². The van der Waals surface area contributed by atoms with Crippen LogP contribution in [0.3, 0.4) is 0 Å². The lowest BCUT2D eigenvalue weighted by Gasteiger charge is -2.29. The third-order valence-corrected chi connectivity index (χ3v) is 2.04. The summed E-state index contributed by atoms with van der Waals surface area (Å²) < 4.78 is 5.02. The molecule has 0 saturated carbocycles. The smallest absolute Gasteiger partial charge is 0.254 e. The zero-order chi connectivity index (χ0) is 11.4. The minimum atomic E-state index is -0.911. The number of hydrogen-bond donors (Lipinski definition) is 1. The number of likely N-dealkylation sites (N-methyl/N-ethyl adjacent to an activating group) is 1. The van der Waals surface area contributed by atoms with Gasteiger partial charge in [0, 0.05) is 13.7 Å². The van der Waals surface area contributed by atoms with E-state index in [0.29, 0.717) is 6.54 Å². The summed E-state index contributed by atoms with van der Waals surface area (Å²) in [6.45, 7) is 5.46. The van der Waals surface area contributed by atoms with Crippen LogP contribution in [-0.2, 0) is 14.3 Å². The molecule has 0 aliphatic rings. The van der Waals surface area contributed by atoms with E-state index in [9.17, 15) is 9.59 Å². The van der Waals surface area contributed by atoms with Crippen molar-refractivity contribution in [2.45, 2.75) is 26.4 Å². The van der Waals surface area contributed by atoms with Gasteiger partial charge in [0.2, 0.25) is 5.91 Å². The summed E-state index contributed by atoms with van der Waals surface area (Å²) in [5.41, 5.74) is 4.11. The van der Waals surface area contributed by atoms with Crippen molar-refractivity contribution in [3.63, 3.8) is 0 Å². The normalized spacial score (nSPS) is 11.1. The van der Waals surface area contributed by atoms with E-state index in [1.54, 1.807) is 20.8 Å². The first kappa shape index (κ1) is 12.9. The maximum Gasteiger partial charge on any atom is 0.254 e. The van der Waals surface area contributed by atoms with E-state index in [1.165, 1.54) is 12.0 Å². The number of carbonyl (C=O) groups is 2. The summed E-state index contributed by atoms with van der Waals surface area (Å²) >= 11 is 0. The molecular formula is C9H18N2O3. The van der Waals surface area contributed by atoms with Crippen molar-refractivity contribution in [1.82, 2.24) is 4.90 Å². The average molecular weight is 202 g/mol. The van der Waals surface area contributed by atoms with Crippen LogP contribution < -0.4 is 5.73 Å². The van der Waals surface area contributed by atoms with Crippen LogP contribution in [0.5, 0.6) is 0 Å². The first-order valence-corrected chi connectivity index (χ1v) is 4.48. The van der Waals surface area contributed by atoms with Gasteiger partial charge in [-0.15, -0.1) is 0 Å². The molecular weight excluding hydrogens is 184 g/mol. The van der Waals surface area contributed by atoms with Crippen LogP contribution in [0.25, 0.3) is 0 Å². The Labute approximate surface area is 84.2 Å². The average Bonchev–Trinajstić information content (AvgIpc) is 2.12. The maximum atomic E-state index is 11.8. The Balaban J connectivity index is 4.54. The molecule has 0 unspecified atom stereocenters. The zero-order valence-electron chi connectivity index (χ0n) is 9.16. The molecule has 0 spiro atoms. The van der Waals surface area contributed by atoms with E-state index < -0.39 is 11.5 Å². The van der Waals surface area contributed by atoms with Crippen molar-refractivity contribution < 1.29 is 14.3 Å². The standard InChI is InChI=1S/C9H18N2O3/c1-5-11(6-7(10)12)8(13)9(2,3)14-4/h5-6H2,1-4H3,(H2,10,12). The van der Waals surface area contributed by atoms with Gasteiger partial charge in [0.1, 0.15) is 5.60 Å². The summed E-state index contributed by atoms with van der Waals surface area (Å²) in [5, 5.41) is 0. The Kier molecular flexibility index (Phi) is 4.56. The molecule has 0 fully saturated rings. The summed E-state index contributed by atoms with van der Waals surface area (Å²) in [5.74, 6) is -0.756. The van der Waals surface area contributed by atoms with Gasteiger partial charge in [-0.25, -0.2) is 0 Å². The summed E-state index contributed by atoms with van der Waals surface area (Å²) in [7, 11) is 1.45. The molecule has 5 nitrogen and oxygen atoms in total. The van der Waals surface area contributed by atoms with Crippen LogP contribution in [0.4, 0.5) is 0 Å². The molecule has 82 valence electrons. The Morgan fingerprint density at radius 1 is 1.43 bits per heavy atom. The van der Waals surface area contributed by atoms with Gasteiger partial charge in [0.05, 0.1) is 6.54 Å². The van der Waals surface area contributed by atoms with Crippen LogP contribution in [0.1, 0.15) is 20.8 Å².